The minimum Gasteiger partial charge on any atom is -0.394 e. The van der Waals surface area contributed by atoms with Crippen LogP contribution < -0.4 is 5.32 Å². The van der Waals surface area contributed by atoms with E-state index in [4.69, 9.17) is 4.74 Å². The molecule has 0 bridgehead atoms. The first-order valence-corrected chi connectivity index (χ1v) is 6.18. The van der Waals surface area contributed by atoms with Crippen molar-refractivity contribution in [1.29, 1.82) is 0 Å². The fourth-order valence-corrected chi connectivity index (χ4v) is 2.10. The van der Waals surface area contributed by atoms with Crippen LogP contribution in [0.25, 0.3) is 0 Å². The summed E-state index contributed by atoms with van der Waals surface area (Å²) in [6.07, 6.45) is 3.75. The molecule has 0 saturated carbocycles. The number of ether oxygens (including phenoxy) is 1. The van der Waals surface area contributed by atoms with Gasteiger partial charge in [0, 0.05) is 25.7 Å². The minimum atomic E-state index is -0.153. The van der Waals surface area contributed by atoms with Gasteiger partial charge < -0.3 is 20.1 Å². The third-order valence-corrected chi connectivity index (χ3v) is 3.73. The molecule has 0 aromatic heterocycles. The third-order valence-electron chi connectivity index (χ3n) is 3.73. The van der Waals surface area contributed by atoms with Crippen LogP contribution in [0.4, 0.5) is 0 Å². The van der Waals surface area contributed by atoms with Crippen molar-refractivity contribution < 1.29 is 9.84 Å². The molecular formula is C12H26N2O2. The molecule has 4 heteroatoms. The van der Waals surface area contributed by atoms with Crippen molar-refractivity contribution in [2.45, 2.75) is 37.8 Å². The Kier molecular flexibility index (Phi) is 5.69. The second-order valence-corrected chi connectivity index (χ2v) is 5.02. The molecule has 0 amide bonds. The first-order chi connectivity index (χ1) is 7.63. The number of nitrogens with one attached hydrogen (secondary N) is 1. The van der Waals surface area contributed by atoms with Gasteiger partial charge in [0.15, 0.2) is 0 Å². The molecule has 1 fully saturated rings. The SMILES string of the molecule is CNC(C)(CO)CCN1CCCC(OC)C1. The van der Waals surface area contributed by atoms with Crippen LogP contribution in [0.3, 0.4) is 0 Å². The third kappa shape index (κ3) is 4.01. The Morgan fingerprint density at radius 3 is 2.88 bits per heavy atom. The van der Waals surface area contributed by atoms with Crippen LogP contribution in [0.5, 0.6) is 0 Å². The van der Waals surface area contributed by atoms with E-state index in [1.165, 1.54) is 12.8 Å². The number of piperidine rings is 1. The van der Waals surface area contributed by atoms with Crippen LogP contribution in [-0.2, 0) is 4.74 Å². The van der Waals surface area contributed by atoms with Crippen molar-refractivity contribution in [3.8, 4) is 0 Å². The average molecular weight is 230 g/mol. The summed E-state index contributed by atoms with van der Waals surface area (Å²) in [6, 6.07) is 0. The van der Waals surface area contributed by atoms with E-state index in [0.29, 0.717) is 6.10 Å². The molecule has 0 aromatic rings. The van der Waals surface area contributed by atoms with E-state index in [2.05, 4.69) is 17.1 Å². The van der Waals surface area contributed by atoms with E-state index in [1.807, 2.05) is 7.05 Å². The summed E-state index contributed by atoms with van der Waals surface area (Å²) in [5, 5.41) is 12.5. The normalized spacial score (nSPS) is 26.6. The largest absolute Gasteiger partial charge is 0.394 e. The number of nitrogens with zero attached hydrogens (tertiary/aromatic N) is 1. The summed E-state index contributed by atoms with van der Waals surface area (Å²) in [4.78, 5) is 2.43. The molecule has 0 aliphatic carbocycles. The van der Waals surface area contributed by atoms with E-state index >= 15 is 0 Å². The fraction of sp³-hybridized carbons (Fsp3) is 1.00. The number of aliphatic hydroxyl groups excluding tert-OH is 1. The quantitative estimate of drug-likeness (QED) is 0.696. The Morgan fingerprint density at radius 2 is 2.31 bits per heavy atom. The fourth-order valence-electron chi connectivity index (χ4n) is 2.10. The van der Waals surface area contributed by atoms with Gasteiger partial charge in [0.1, 0.15) is 0 Å². The Balaban J connectivity index is 2.31. The highest BCUT2D eigenvalue weighted by molar-refractivity contribution is 4.83. The monoisotopic (exact) mass is 230 g/mol. The van der Waals surface area contributed by atoms with Crippen molar-refractivity contribution in [3.63, 3.8) is 0 Å². The van der Waals surface area contributed by atoms with Gasteiger partial charge in [-0.15, -0.1) is 0 Å². The Labute approximate surface area is 99.0 Å². The first-order valence-electron chi connectivity index (χ1n) is 6.18. The molecule has 2 unspecified atom stereocenters. The maximum absolute atomic E-state index is 9.31. The van der Waals surface area contributed by atoms with E-state index in [1.54, 1.807) is 7.11 Å². The van der Waals surface area contributed by atoms with Crippen molar-refractivity contribution >= 4 is 0 Å². The molecule has 1 heterocycles. The lowest BCUT2D eigenvalue weighted by Crippen LogP contribution is -2.48. The number of rotatable bonds is 6. The highest BCUT2D eigenvalue weighted by Crippen LogP contribution is 2.15. The zero-order valence-corrected chi connectivity index (χ0v) is 10.8. The predicted octanol–water partition coefficient (Wildman–Crippen LogP) is 0.458. The number of aliphatic hydroxyl groups is 1. The molecule has 1 rings (SSSR count). The van der Waals surface area contributed by atoms with Crippen LogP contribution in [0.1, 0.15) is 26.2 Å². The lowest BCUT2D eigenvalue weighted by molar-refractivity contribution is 0.0267. The van der Waals surface area contributed by atoms with Gasteiger partial charge in [-0.05, 0) is 39.8 Å². The number of likely N-dealkylation sites (N-methyl/N-ethyl adjacent to an activating group) is 1. The number of methoxy groups -OCH3 is 1. The topological polar surface area (TPSA) is 44.7 Å². The first kappa shape index (κ1) is 13.9. The molecular weight excluding hydrogens is 204 g/mol. The average Bonchev–Trinajstić information content (AvgIpc) is 2.36. The molecule has 1 saturated heterocycles. The highest BCUT2D eigenvalue weighted by atomic mass is 16.5. The molecule has 2 N–H and O–H groups in total. The van der Waals surface area contributed by atoms with Crippen molar-refractivity contribution in [2.24, 2.45) is 0 Å². The van der Waals surface area contributed by atoms with Gasteiger partial charge in [-0.1, -0.05) is 0 Å². The van der Waals surface area contributed by atoms with E-state index in [0.717, 1.165) is 26.1 Å². The summed E-state index contributed by atoms with van der Waals surface area (Å²) >= 11 is 0. The van der Waals surface area contributed by atoms with Crippen LogP contribution in [0.15, 0.2) is 0 Å². The summed E-state index contributed by atoms with van der Waals surface area (Å²) in [6.45, 7) is 5.46. The summed E-state index contributed by atoms with van der Waals surface area (Å²) < 4.78 is 5.40. The second-order valence-electron chi connectivity index (χ2n) is 5.02. The zero-order valence-electron chi connectivity index (χ0n) is 10.8. The second kappa shape index (κ2) is 6.55. The Bertz CT molecular complexity index is 195. The van der Waals surface area contributed by atoms with Gasteiger partial charge in [0.2, 0.25) is 0 Å². The molecule has 96 valence electrons. The van der Waals surface area contributed by atoms with Crippen molar-refractivity contribution in [2.75, 3.05) is 40.4 Å². The lowest BCUT2D eigenvalue weighted by Gasteiger charge is -2.35. The highest BCUT2D eigenvalue weighted by Gasteiger charge is 2.24. The molecule has 0 radical (unpaired) electrons. The summed E-state index contributed by atoms with van der Waals surface area (Å²) in [7, 11) is 3.70. The molecule has 2 atom stereocenters. The van der Waals surface area contributed by atoms with Crippen LogP contribution >= 0.6 is 0 Å². The van der Waals surface area contributed by atoms with Gasteiger partial charge >= 0.3 is 0 Å². The standard InChI is InChI=1S/C12H26N2O2/c1-12(10-15,13-2)6-8-14-7-4-5-11(9-14)16-3/h11,13,15H,4-10H2,1-3H3. The van der Waals surface area contributed by atoms with Gasteiger partial charge in [-0.3, -0.25) is 0 Å². The van der Waals surface area contributed by atoms with Gasteiger partial charge in [-0.25, -0.2) is 0 Å². The zero-order chi connectivity index (χ0) is 12.0. The van der Waals surface area contributed by atoms with Gasteiger partial charge in [0.25, 0.3) is 0 Å². The lowest BCUT2D eigenvalue weighted by atomic mass is 9.98. The molecule has 4 nitrogen and oxygen atoms in total. The van der Waals surface area contributed by atoms with E-state index in [-0.39, 0.29) is 12.1 Å². The Hall–Kier alpha value is -0.160. The van der Waals surface area contributed by atoms with Crippen molar-refractivity contribution in [3.05, 3.63) is 0 Å². The Morgan fingerprint density at radius 1 is 1.56 bits per heavy atom. The van der Waals surface area contributed by atoms with E-state index < -0.39 is 0 Å². The maximum atomic E-state index is 9.31. The number of hydrogen-bond donors (Lipinski definition) is 2. The molecule has 1 aliphatic heterocycles. The predicted molar refractivity (Wildman–Crippen MR) is 65.6 cm³/mol. The van der Waals surface area contributed by atoms with Crippen LogP contribution in [0, 0.1) is 0 Å². The number of likely N-dealkylation sites (tertiary alicyclic amines) is 1. The summed E-state index contributed by atoms with van der Waals surface area (Å²) in [5.41, 5.74) is -0.153. The van der Waals surface area contributed by atoms with Crippen molar-refractivity contribution in [1.82, 2.24) is 10.2 Å². The van der Waals surface area contributed by atoms with E-state index in [9.17, 15) is 5.11 Å². The maximum Gasteiger partial charge on any atom is 0.0698 e. The molecule has 0 aromatic carbocycles. The van der Waals surface area contributed by atoms with Crippen LogP contribution in [0.2, 0.25) is 0 Å². The van der Waals surface area contributed by atoms with Crippen LogP contribution in [-0.4, -0.2) is 62.0 Å². The minimum absolute atomic E-state index is 0.153. The molecule has 0 spiro atoms. The molecule has 16 heavy (non-hydrogen) atoms. The van der Waals surface area contributed by atoms with Gasteiger partial charge in [-0.2, -0.15) is 0 Å². The number of hydrogen-bond acceptors (Lipinski definition) is 4. The van der Waals surface area contributed by atoms with Gasteiger partial charge in [0.05, 0.1) is 12.7 Å². The molecule has 1 aliphatic rings. The summed E-state index contributed by atoms with van der Waals surface area (Å²) in [5.74, 6) is 0. The smallest absolute Gasteiger partial charge is 0.0698 e.